The molecule has 0 amide bonds. The van der Waals surface area contributed by atoms with Crippen molar-refractivity contribution in [3.05, 3.63) is 0 Å². The number of nitrogen functional groups attached to an aromatic ring is 1. The van der Waals surface area contributed by atoms with E-state index in [1.807, 2.05) is 9.80 Å². The first-order chi connectivity index (χ1) is 10.1. The maximum absolute atomic E-state index is 5.83. The number of rotatable bonds is 6. The van der Waals surface area contributed by atoms with Crippen LogP contribution in [0.1, 0.15) is 13.8 Å². The van der Waals surface area contributed by atoms with Crippen LogP contribution in [0, 0.1) is 0 Å². The van der Waals surface area contributed by atoms with E-state index in [2.05, 4.69) is 28.8 Å². The summed E-state index contributed by atoms with van der Waals surface area (Å²) in [6, 6.07) is 0. The summed E-state index contributed by atoms with van der Waals surface area (Å²) >= 11 is 0. The molecule has 0 aliphatic carbocycles. The third-order valence-corrected chi connectivity index (χ3v) is 3.78. The highest BCUT2D eigenvalue weighted by Gasteiger charge is 2.34. The first-order valence-corrected chi connectivity index (χ1v) is 7.19. The topological polar surface area (TPSA) is 89.6 Å². The molecule has 1 saturated heterocycles. The molecule has 8 nitrogen and oxygen atoms in total. The smallest absolute Gasteiger partial charge is 0.232 e. The molecule has 21 heavy (non-hydrogen) atoms. The molecule has 118 valence electrons. The second-order valence-corrected chi connectivity index (χ2v) is 4.92. The van der Waals surface area contributed by atoms with Crippen LogP contribution in [-0.4, -0.2) is 67.6 Å². The van der Waals surface area contributed by atoms with Crippen LogP contribution in [0.3, 0.4) is 0 Å². The number of anilines is 3. The zero-order chi connectivity index (χ0) is 15.4. The molecule has 1 fully saturated rings. The summed E-state index contributed by atoms with van der Waals surface area (Å²) in [7, 11) is 3.37. The van der Waals surface area contributed by atoms with Gasteiger partial charge in [0.25, 0.3) is 0 Å². The molecule has 1 aliphatic heterocycles. The van der Waals surface area contributed by atoms with Crippen LogP contribution >= 0.6 is 0 Å². The third-order valence-electron chi connectivity index (χ3n) is 3.78. The monoisotopic (exact) mass is 296 g/mol. The molecule has 8 heteroatoms. The van der Waals surface area contributed by atoms with Crippen molar-refractivity contribution in [2.75, 3.05) is 55.9 Å². The van der Waals surface area contributed by atoms with Crippen LogP contribution in [-0.2, 0) is 9.47 Å². The zero-order valence-corrected chi connectivity index (χ0v) is 13.1. The highest BCUT2D eigenvalue weighted by atomic mass is 16.5. The minimum absolute atomic E-state index is 0.00453. The van der Waals surface area contributed by atoms with Crippen molar-refractivity contribution in [1.82, 2.24) is 15.0 Å². The van der Waals surface area contributed by atoms with Crippen LogP contribution in [0.25, 0.3) is 0 Å². The summed E-state index contributed by atoms with van der Waals surface area (Å²) in [5, 5.41) is 0. The van der Waals surface area contributed by atoms with Crippen LogP contribution < -0.4 is 15.5 Å². The van der Waals surface area contributed by atoms with Crippen LogP contribution in [0.5, 0.6) is 0 Å². The van der Waals surface area contributed by atoms with E-state index >= 15 is 0 Å². The summed E-state index contributed by atoms with van der Waals surface area (Å²) < 4.78 is 10.9. The largest absolute Gasteiger partial charge is 0.377 e. The summed E-state index contributed by atoms with van der Waals surface area (Å²) in [5.74, 6) is 1.42. The fourth-order valence-corrected chi connectivity index (χ4v) is 2.52. The number of ether oxygens (including phenoxy) is 2. The summed E-state index contributed by atoms with van der Waals surface area (Å²) in [5.41, 5.74) is 5.83. The summed E-state index contributed by atoms with van der Waals surface area (Å²) in [6.07, 6.45) is 0.00906. The lowest BCUT2D eigenvalue weighted by molar-refractivity contribution is -0.00461. The summed E-state index contributed by atoms with van der Waals surface area (Å²) in [6.45, 7) is 7.11. The lowest BCUT2D eigenvalue weighted by Crippen LogP contribution is -2.28. The maximum Gasteiger partial charge on any atom is 0.232 e. The van der Waals surface area contributed by atoms with Crippen molar-refractivity contribution in [2.45, 2.75) is 26.1 Å². The highest BCUT2D eigenvalue weighted by Crippen LogP contribution is 2.22. The average molecular weight is 296 g/mol. The molecule has 0 spiro atoms. The first-order valence-electron chi connectivity index (χ1n) is 7.19. The van der Waals surface area contributed by atoms with E-state index < -0.39 is 0 Å². The molecular formula is C13H24N6O2. The van der Waals surface area contributed by atoms with Gasteiger partial charge in [0.15, 0.2) is 0 Å². The second kappa shape index (κ2) is 6.86. The maximum atomic E-state index is 5.83. The fraction of sp³-hybridized carbons (Fsp3) is 0.769. The molecule has 0 bridgehead atoms. The minimum Gasteiger partial charge on any atom is -0.377 e. The number of hydrogen-bond acceptors (Lipinski definition) is 8. The Hall–Kier alpha value is -1.67. The molecule has 0 aromatic carbocycles. The molecule has 2 rings (SSSR count). The first kappa shape index (κ1) is 15.7. The Morgan fingerprint density at radius 2 is 1.67 bits per heavy atom. The lowest BCUT2D eigenvalue weighted by atomic mass is 10.3. The minimum atomic E-state index is 0.00453. The molecule has 1 aromatic heterocycles. The number of nitrogens with zero attached hydrogens (tertiary/aromatic N) is 5. The van der Waals surface area contributed by atoms with E-state index in [-0.39, 0.29) is 18.2 Å². The fourth-order valence-electron chi connectivity index (χ4n) is 2.52. The number of hydrogen-bond donors (Lipinski definition) is 1. The molecule has 0 saturated carbocycles. The molecule has 1 aromatic rings. The van der Waals surface area contributed by atoms with Gasteiger partial charge in [-0.15, -0.1) is 0 Å². The molecule has 2 heterocycles. The molecule has 1 aliphatic rings. The molecule has 2 unspecified atom stereocenters. The van der Waals surface area contributed by atoms with Gasteiger partial charge in [-0.3, -0.25) is 0 Å². The van der Waals surface area contributed by atoms with Gasteiger partial charge in [0.05, 0.1) is 0 Å². The lowest BCUT2D eigenvalue weighted by Gasteiger charge is -2.21. The predicted molar refractivity (Wildman–Crippen MR) is 81.6 cm³/mol. The van der Waals surface area contributed by atoms with Gasteiger partial charge in [0, 0.05) is 40.4 Å². The quantitative estimate of drug-likeness (QED) is 0.793. The van der Waals surface area contributed by atoms with Gasteiger partial charge in [-0.25, -0.2) is 0 Å². The van der Waals surface area contributed by atoms with E-state index in [0.29, 0.717) is 25.0 Å². The van der Waals surface area contributed by atoms with E-state index in [0.717, 1.165) is 13.1 Å². The van der Waals surface area contributed by atoms with Gasteiger partial charge in [0.1, 0.15) is 12.2 Å². The Balaban J connectivity index is 2.24. The molecule has 2 atom stereocenters. The van der Waals surface area contributed by atoms with Crippen molar-refractivity contribution in [3.8, 4) is 0 Å². The van der Waals surface area contributed by atoms with Gasteiger partial charge in [-0.2, -0.15) is 15.0 Å². The second-order valence-electron chi connectivity index (χ2n) is 4.92. The Labute approximate surface area is 125 Å². The zero-order valence-electron chi connectivity index (χ0n) is 13.1. The standard InChI is InChI=1S/C13H24N6O2/c1-5-18(6-2)12-15-11(14)16-13(17-12)19-7-9(20-3)10(8-19)21-4/h9-10H,5-8H2,1-4H3,(H2,14,15,16,17). The van der Waals surface area contributed by atoms with Gasteiger partial charge < -0.3 is 25.0 Å². The van der Waals surface area contributed by atoms with Gasteiger partial charge in [-0.05, 0) is 13.8 Å². The van der Waals surface area contributed by atoms with E-state index in [4.69, 9.17) is 15.2 Å². The Morgan fingerprint density at radius 1 is 1.10 bits per heavy atom. The number of aromatic nitrogens is 3. The Morgan fingerprint density at radius 3 is 2.14 bits per heavy atom. The van der Waals surface area contributed by atoms with Gasteiger partial charge >= 0.3 is 0 Å². The predicted octanol–water partition coefficient (Wildman–Crippen LogP) is 0.150. The molecule has 0 radical (unpaired) electrons. The van der Waals surface area contributed by atoms with Crippen molar-refractivity contribution < 1.29 is 9.47 Å². The number of nitrogens with two attached hydrogens (primary N) is 1. The Bertz CT molecular complexity index is 456. The molecular weight excluding hydrogens is 272 g/mol. The SMILES string of the molecule is CCN(CC)c1nc(N)nc(N2CC(OC)C(OC)C2)n1. The van der Waals surface area contributed by atoms with E-state index in [9.17, 15) is 0 Å². The van der Waals surface area contributed by atoms with Crippen molar-refractivity contribution >= 4 is 17.8 Å². The number of methoxy groups -OCH3 is 2. The van der Waals surface area contributed by atoms with Crippen LogP contribution in [0.15, 0.2) is 0 Å². The molecule has 2 N–H and O–H groups in total. The normalized spacial score (nSPS) is 21.8. The van der Waals surface area contributed by atoms with Crippen LogP contribution in [0.4, 0.5) is 17.8 Å². The average Bonchev–Trinajstić information content (AvgIpc) is 2.91. The van der Waals surface area contributed by atoms with Crippen molar-refractivity contribution in [2.24, 2.45) is 0 Å². The van der Waals surface area contributed by atoms with Crippen LogP contribution in [0.2, 0.25) is 0 Å². The van der Waals surface area contributed by atoms with Gasteiger partial charge in [0.2, 0.25) is 17.8 Å². The Kier molecular flexibility index (Phi) is 5.13. The van der Waals surface area contributed by atoms with E-state index in [1.165, 1.54) is 0 Å². The van der Waals surface area contributed by atoms with Gasteiger partial charge in [-0.1, -0.05) is 0 Å². The van der Waals surface area contributed by atoms with Crippen molar-refractivity contribution in [3.63, 3.8) is 0 Å². The summed E-state index contributed by atoms with van der Waals surface area (Å²) in [4.78, 5) is 17.1. The highest BCUT2D eigenvalue weighted by molar-refractivity contribution is 5.44. The van der Waals surface area contributed by atoms with Crippen molar-refractivity contribution in [1.29, 1.82) is 0 Å². The van der Waals surface area contributed by atoms with E-state index in [1.54, 1.807) is 14.2 Å². The third kappa shape index (κ3) is 3.33.